The van der Waals surface area contributed by atoms with Crippen LogP contribution in [0.2, 0.25) is 0 Å². The Morgan fingerprint density at radius 3 is 1.26 bits per heavy atom. The van der Waals surface area contributed by atoms with Crippen LogP contribution in [0.3, 0.4) is 0 Å². The highest BCUT2D eigenvalue weighted by Crippen LogP contribution is 2.22. The van der Waals surface area contributed by atoms with Gasteiger partial charge in [-0.2, -0.15) is 0 Å². The van der Waals surface area contributed by atoms with Gasteiger partial charge in [0, 0.05) is 12.6 Å². The third kappa shape index (κ3) is 8.65. The molecule has 114 valence electrons. The molecule has 2 heteroatoms. The summed E-state index contributed by atoms with van der Waals surface area (Å²) in [4.78, 5) is 0. The zero-order valence-corrected chi connectivity index (χ0v) is 12.9. The van der Waals surface area contributed by atoms with E-state index in [0.29, 0.717) is 12.5 Å². The standard InChI is InChI=1S/C17H36N2/c18-15-17(19)16-13-11-9-7-5-3-1-2-4-6-8-10-12-14-16/h16-17H,1-15,18-19H2. The molecule has 0 heterocycles. The number of nitrogens with two attached hydrogens (primary N) is 2. The minimum atomic E-state index is 0.232. The third-order valence-corrected chi connectivity index (χ3v) is 4.78. The molecule has 0 aromatic rings. The fourth-order valence-corrected chi connectivity index (χ4v) is 3.35. The fourth-order valence-electron chi connectivity index (χ4n) is 3.35. The summed E-state index contributed by atoms with van der Waals surface area (Å²) < 4.78 is 0. The van der Waals surface area contributed by atoms with E-state index >= 15 is 0 Å². The Labute approximate surface area is 120 Å². The van der Waals surface area contributed by atoms with Gasteiger partial charge in [0.2, 0.25) is 0 Å². The van der Waals surface area contributed by atoms with Crippen LogP contribution in [-0.4, -0.2) is 12.6 Å². The van der Waals surface area contributed by atoms with Gasteiger partial charge in [0.15, 0.2) is 0 Å². The highest BCUT2D eigenvalue weighted by molar-refractivity contribution is 4.74. The van der Waals surface area contributed by atoms with Crippen molar-refractivity contribution in [3.63, 3.8) is 0 Å². The van der Waals surface area contributed by atoms with Crippen molar-refractivity contribution in [3.05, 3.63) is 0 Å². The average molecular weight is 268 g/mol. The van der Waals surface area contributed by atoms with Crippen LogP contribution in [0.25, 0.3) is 0 Å². The van der Waals surface area contributed by atoms with E-state index < -0.39 is 0 Å². The second kappa shape index (κ2) is 11.7. The lowest BCUT2D eigenvalue weighted by atomic mass is 9.88. The topological polar surface area (TPSA) is 52.0 Å². The first-order chi connectivity index (χ1) is 9.34. The summed E-state index contributed by atoms with van der Waals surface area (Å²) >= 11 is 0. The van der Waals surface area contributed by atoms with Gasteiger partial charge in [0.05, 0.1) is 0 Å². The van der Waals surface area contributed by atoms with Crippen LogP contribution in [0.15, 0.2) is 0 Å². The molecular formula is C17H36N2. The minimum Gasteiger partial charge on any atom is -0.329 e. The van der Waals surface area contributed by atoms with Gasteiger partial charge in [-0.1, -0.05) is 77.0 Å². The zero-order chi connectivity index (χ0) is 13.8. The van der Waals surface area contributed by atoms with Crippen LogP contribution in [0, 0.1) is 5.92 Å². The minimum absolute atomic E-state index is 0.232. The Bertz CT molecular complexity index is 178. The van der Waals surface area contributed by atoms with Crippen molar-refractivity contribution in [1.29, 1.82) is 0 Å². The lowest BCUT2D eigenvalue weighted by Gasteiger charge is -2.22. The molecule has 0 amide bonds. The highest BCUT2D eigenvalue weighted by atomic mass is 14.7. The summed E-state index contributed by atoms with van der Waals surface area (Å²) in [5.41, 5.74) is 11.9. The second-order valence-corrected chi connectivity index (χ2v) is 6.48. The summed E-state index contributed by atoms with van der Waals surface area (Å²) in [5.74, 6) is 0.676. The summed E-state index contributed by atoms with van der Waals surface area (Å²) in [5, 5.41) is 0. The average Bonchev–Trinajstić information content (AvgIpc) is 2.44. The molecule has 0 aliphatic heterocycles. The highest BCUT2D eigenvalue weighted by Gasteiger charge is 2.15. The molecule has 1 unspecified atom stereocenters. The summed E-state index contributed by atoms with van der Waals surface area (Å²) in [6.07, 6.45) is 19.7. The van der Waals surface area contributed by atoms with E-state index in [-0.39, 0.29) is 6.04 Å². The number of hydrogen-bond donors (Lipinski definition) is 2. The van der Waals surface area contributed by atoms with Crippen LogP contribution in [0.1, 0.15) is 89.9 Å². The normalized spacial score (nSPS) is 24.3. The molecule has 1 rings (SSSR count). The Balaban J connectivity index is 2.29. The van der Waals surface area contributed by atoms with Crippen molar-refractivity contribution < 1.29 is 0 Å². The summed E-state index contributed by atoms with van der Waals surface area (Å²) in [7, 11) is 0. The number of hydrogen-bond acceptors (Lipinski definition) is 2. The summed E-state index contributed by atoms with van der Waals surface area (Å²) in [6, 6.07) is 0.232. The molecule has 0 saturated heterocycles. The lowest BCUT2D eigenvalue weighted by molar-refractivity contribution is 0.345. The molecule has 0 aromatic heterocycles. The first-order valence-corrected chi connectivity index (χ1v) is 8.80. The Hall–Kier alpha value is -0.0800. The molecule has 0 aromatic carbocycles. The SMILES string of the molecule is NCC(N)C1CCCCCCCCCCCCCC1. The van der Waals surface area contributed by atoms with Gasteiger partial charge in [-0.25, -0.2) is 0 Å². The first kappa shape index (κ1) is 17.0. The van der Waals surface area contributed by atoms with Crippen LogP contribution in [-0.2, 0) is 0 Å². The molecule has 19 heavy (non-hydrogen) atoms. The molecule has 4 N–H and O–H groups in total. The second-order valence-electron chi connectivity index (χ2n) is 6.48. The predicted molar refractivity (Wildman–Crippen MR) is 85.2 cm³/mol. The molecule has 0 spiro atoms. The molecular weight excluding hydrogens is 232 g/mol. The largest absolute Gasteiger partial charge is 0.329 e. The summed E-state index contributed by atoms with van der Waals surface area (Å²) in [6.45, 7) is 0.657. The predicted octanol–water partition coefficient (Wildman–Crippen LogP) is 4.36. The van der Waals surface area contributed by atoms with Gasteiger partial charge in [-0.05, 0) is 18.8 Å². The van der Waals surface area contributed by atoms with Gasteiger partial charge in [0.1, 0.15) is 0 Å². The smallest absolute Gasteiger partial charge is 0.0191 e. The van der Waals surface area contributed by atoms with Crippen LogP contribution in [0.4, 0.5) is 0 Å². The molecule has 1 fully saturated rings. The van der Waals surface area contributed by atoms with Crippen molar-refractivity contribution in [1.82, 2.24) is 0 Å². The Kier molecular flexibility index (Phi) is 10.5. The van der Waals surface area contributed by atoms with E-state index in [1.165, 1.54) is 89.9 Å². The van der Waals surface area contributed by atoms with E-state index in [0.717, 1.165) is 0 Å². The fraction of sp³-hybridized carbons (Fsp3) is 1.00. The maximum Gasteiger partial charge on any atom is 0.0191 e. The van der Waals surface area contributed by atoms with E-state index in [4.69, 9.17) is 11.5 Å². The van der Waals surface area contributed by atoms with E-state index in [9.17, 15) is 0 Å². The van der Waals surface area contributed by atoms with Gasteiger partial charge in [0.25, 0.3) is 0 Å². The van der Waals surface area contributed by atoms with Crippen LogP contribution < -0.4 is 11.5 Å². The lowest BCUT2D eigenvalue weighted by Crippen LogP contribution is -2.37. The van der Waals surface area contributed by atoms with Gasteiger partial charge in [-0.3, -0.25) is 0 Å². The first-order valence-electron chi connectivity index (χ1n) is 8.80. The molecule has 0 radical (unpaired) electrons. The maximum atomic E-state index is 6.18. The molecule has 1 atom stereocenters. The van der Waals surface area contributed by atoms with E-state index in [2.05, 4.69) is 0 Å². The molecule has 0 bridgehead atoms. The monoisotopic (exact) mass is 268 g/mol. The zero-order valence-electron chi connectivity index (χ0n) is 12.9. The quantitative estimate of drug-likeness (QED) is 0.781. The molecule has 2 nitrogen and oxygen atoms in total. The van der Waals surface area contributed by atoms with Crippen molar-refractivity contribution in [3.8, 4) is 0 Å². The van der Waals surface area contributed by atoms with Crippen LogP contribution >= 0.6 is 0 Å². The van der Waals surface area contributed by atoms with Gasteiger partial charge < -0.3 is 11.5 Å². The van der Waals surface area contributed by atoms with Gasteiger partial charge >= 0.3 is 0 Å². The molecule has 1 aliphatic carbocycles. The van der Waals surface area contributed by atoms with Crippen LogP contribution in [0.5, 0.6) is 0 Å². The Morgan fingerprint density at radius 1 is 0.632 bits per heavy atom. The number of rotatable bonds is 2. The Morgan fingerprint density at radius 2 is 0.947 bits per heavy atom. The maximum absolute atomic E-state index is 6.18. The van der Waals surface area contributed by atoms with Crippen molar-refractivity contribution >= 4 is 0 Å². The van der Waals surface area contributed by atoms with Crippen molar-refractivity contribution in [2.75, 3.05) is 6.54 Å². The van der Waals surface area contributed by atoms with E-state index in [1.54, 1.807) is 0 Å². The van der Waals surface area contributed by atoms with Crippen molar-refractivity contribution in [2.45, 2.75) is 95.9 Å². The van der Waals surface area contributed by atoms with E-state index in [1.807, 2.05) is 0 Å². The van der Waals surface area contributed by atoms with Crippen molar-refractivity contribution in [2.24, 2.45) is 17.4 Å². The molecule has 1 aliphatic rings. The molecule has 1 saturated carbocycles. The van der Waals surface area contributed by atoms with Gasteiger partial charge in [-0.15, -0.1) is 0 Å². The third-order valence-electron chi connectivity index (χ3n) is 4.78.